The summed E-state index contributed by atoms with van der Waals surface area (Å²) < 4.78 is 17.6. The minimum Gasteiger partial charge on any atom is -0.459 e. The summed E-state index contributed by atoms with van der Waals surface area (Å²) in [6, 6.07) is 3.96. The van der Waals surface area contributed by atoms with E-state index in [-0.39, 0.29) is 24.3 Å². The first-order chi connectivity index (χ1) is 12.7. The van der Waals surface area contributed by atoms with Crippen molar-refractivity contribution in [3.8, 4) is 0 Å². The lowest BCUT2D eigenvalue weighted by Gasteiger charge is -2.24. The predicted octanol–water partition coefficient (Wildman–Crippen LogP) is 5.20. The van der Waals surface area contributed by atoms with Crippen LogP contribution in [0.1, 0.15) is 78.3 Å². The maximum atomic E-state index is 12.1. The highest BCUT2D eigenvalue weighted by Crippen LogP contribution is 2.39. The van der Waals surface area contributed by atoms with E-state index in [0.29, 0.717) is 0 Å². The van der Waals surface area contributed by atoms with E-state index in [9.17, 15) is 4.79 Å². The molecule has 0 aliphatic carbocycles. The highest BCUT2D eigenvalue weighted by molar-refractivity contribution is 5.75. The molecule has 1 atom stereocenters. The molecule has 0 amide bonds. The number of aryl methyl sites for hydroxylation is 1. The van der Waals surface area contributed by atoms with Gasteiger partial charge in [0.25, 0.3) is 0 Å². The fraction of sp³-hybridized carbons (Fsp3) is 0.652. The molecule has 0 bridgehead atoms. The maximum Gasteiger partial charge on any atom is 0.311 e. The number of carbonyl (C=O) groups excluding carboxylic acids is 1. The molecule has 1 fully saturated rings. The Balaban J connectivity index is 2.08. The molecule has 0 saturated carbocycles. The van der Waals surface area contributed by atoms with Gasteiger partial charge in [0, 0.05) is 11.3 Å². The number of nitrogens with zero attached hydrogens (tertiary/aromatic N) is 1. The van der Waals surface area contributed by atoms with Gasteiger partial charge in [0.15, 0.2) is 5.79 Å². The lowest BCUT2D eigenvalue weighted by Crippen LogP contribution is -2.33. The fourth-order valence-electron chi connectivity index (χ4n) is 3.45. The van der Waals surface area contributed by atoms with Crippen LogP contribution in [0, 0.1) is 12.3 Å². The minimum absolute atomic E-state index is 0.0141. The fourth-order valence-corrected chi connectivity index (χ4v) is 3.45. The molecule has 1 saturated heterocycles. The van der Waals surface area contributed by atoms with Crippen molar-refractivity contribution in [3.63, 3.8) is 0 Å². The first-order valence-electron chi connectivity index (χ1n) is 9.91. The molecule has 0 radical (unpaired) electrons. The smallest absolute Gasteiger partial charge is 0.311 e. The van der Waals surface area contributed by atoms with Gasteiger partial charge in [-0.2, -0.15) is 0 Å². The van der Waals surface area contributed by atoms with Crippen molar-refractivity contribution in [1.29, 1.82) is 0 Å². The number of esters is 1. The molecule has 156 valence electrons. The maximum absolute atomic E-state index is 12.1. The van der Waals surface area contributed by atoms with Crippen molar-refractivity contribution >= 4 is 11.5 Å². The van der Waals surface area contributed by atoms with Crippen LogP contribution in [0.2, 0.25) is 0 Å². The van der Waals surface area contributed by atoms with Crippen molar-refractivity contribution in [2.45, 2.75) is 92.3 Å². The zero-order valence-electron chi connectivity index (χ0n) is 18.6. The number of hydrogen-bond donors (Lipinski definition) is 0. The number of allylic oxidation sites excluding steroid dienone is 1. The van der Waals surface area contributed by atoms with Crippen LogP contribution in [0.15, 0.2) is 18.7 Å². The van der Waals surface area contributed by atoms with Crippen LogP contribution in [0.3, 0.4) is 0 Å². The SMILES string of the molecule is C=C(CCC1OC(C)(C)OC1(C)C)c1ccc(C)nc1COC(=O)C(C)(C)C. The molecule has 1 unspecified atom stereocenters. The average molecular weight is 390 g/mol. The summed E-state index contributed by atoms with van der Waals surface area (Å²) in [5, 5.41) is 0. The quantitative estimate of drug-likeness (QED) is 0.626. The van der Waals surface area contributed by atoms with Crippen LogP contribution in [0.5, 0.6) is 0 Å². The number of hydrogen-bond acceptors (Lipinski definition) is 5. The second kappa shape index (κ2) is 7.96. The summed E-state index contributed by atoms with van der Waals surface area (Å²) >= 11 is 0. The third-order valence-electron chi connectivity index (χ3n) is 4.87. The average Bonchev–Trinajstić information content (AvgIpc) is 2.76. The van der Waals surface area contributed by atoms with Gasteiger partial charge in [-0.1, -0.05) is 12.6 Å². The molecule has 0 N–H and O–H groups in total. The highest BCUT2D eigenvalue weighted by atomic mass is 16.8. The Hall–Kier alpha value is -1.72. The second-order valence-corrected chi connectivity index (χ2v) is 9.63. The molecular weight excluding hydrogens is 354 g/mol. The zero-order valence-corrected chi connectivity index (χ0v) is 18.6. The van der Waals surface area contributed by atoms with Gasteiger partial charge in [0.2, 0.25) is 0 Å². The van der Waals surface area contributed by atoms with Crippen molar-refractivity contribution in [3.05, 3.63) is 35.7 Å². The molecule has 1 aliphatic heterocycles. The van der Waals surface area contributed by atoms with Gasteiger partial charge in [0.1, 0.15) is 6.61 Å². The van der Waals surface area contributed by atoms with E-state index in [0.717, 1.165) is 35.4 Å². The molecule has 2 rings (SSSR count). The van der Waals surface area contributed by atoms with Crippen LogP contribution in [-0.4, -0.2) is 28.4 Å². The van der Waals surface area contributed by atoms with Crippen LogP contribution in [0.4, 0.5) is 0 Å². The van der Waals surface area contributed by atoms with Crippen molar-refractivity contribution in [2.24, 2.45) is 5.41 Å². The van der Waals surface area contributed by atoms with Crippen LogP contribution < -0.4 is 0 Å². The van der Waals surface area contributed by atoms with E-state index in [1.165, 1.54) is 0 Å². The lowest BCUT2D eigenvalue weighted by atomic mass is 9.93. The highest BCUT2D eigenvalue weighted by Gasteiger charge is 2.46. The molecule has 1 aromatic heterocycles. The van der Waals surface area contributed by atoms with E-state index in [2.05, 4.69) is 25.4 Å². The molecule has 0 aromatic carbocycles. The molecule has 0 spiro atoms. The molecule has 5 nitrogen and oxygen atoms in total. The van der Waals surface area contributed by atoms with Gasteiger partial charge in [0.05, 0.1) is 22.8 Å². The Labute approximate surface area is 169 Å². The molecule has 5 heteroatoms. The molecule has 2 heterocycles. The number of pyridine rings is 1. The van der Waals surface area contributed by atoms with Crippen LogP contribution >= 0.6 is 0 Å². The van der Waals surface area contributed by atoms with Gasteiger partial charge < -0.3 is 14.2 Å². The third-order valence-corrected chi connectivity index (χ3v) is 4.87. The Morgan fingerprint density at radius 1 is 1.25 bits per heavy atom. The van der Waals surface area contributed by atoms with E-state index in [1.54, 1.807) is 0 Å². The van der Waals surface area contributed by atoms with E-state index < -0.39 is 11.2 Å². The largest absolute Gasteiger partial charge is 0.459 e. The molecule has 1 aliphatic rings. The van der Waals surface area contributed by atoms with E-state index >= 15 is 0 Å². The van der Waals surface area contributed by atoms with Crippen LogP contribution in [0.25, 0.3) is 5.57 Å². The van der Waals surface area contributed by atoms with Gasteiger partial charge in [-0.05, 0) is 79.9 Å². The van der Waals surface area contributed by atoms with Crippen molar-refractivity contribution in [2.75, 3.05) is 0 Å². The van der Waals surface area contributed by atoms with Crippen molar-refractivity contribution < 1.29 is 19.0 Å². The Morgan fingerprint density at radius 2 is 1.89 bits per heavy atom. The second-order valence-electron chi connectivity index (χ2n) is 9.63. The first-order valence-corrected chi connectivity index (χ1v) is 9.91. The number of ether oxygens (including phenoxy) is 3. The first kappa shape index (κ1) is 22.6. The summed E-state index contributed by atoms with van der Waals surface area (Å²) in [7, 11) is 0. The normalized spacial score (nSPS) is 20.8. The summed E-state index contributed by atoms with van der Waals surface area (Å²) in [5.41, 5.74) is 2.63. The van der Waals surface area contributed by atoms with E-state index in [1.807, 2.05) is 53.7 Å². The summed E-state index contributed by atoms with van der Waals surface area (Å²) in [4.78, 5) is 16.7. The topological polar surface area (TPSA) is 57.6 Å². The zero-order chi connectivity index (χ0) is 21.3. The summed E-state index contributed by atoms with van der Waals surface area (Å²) in [6.07, 6.45) is 1.53. The van der Waals surface area contributed by atoms with Gasteiger partial charge in [-0.25, -0.2) is 0 Å². The number of aromatic nitrogens is 1. The Morgan fingerprint density at radius 3 is 2.43 bits per heavy atom. The lowest BCUT2D eigenvalue weighted by molar-refractivity contribution is -0.157. The number of rotatable bonds is 6. The van der Waals surface area contributed by atoms with Crippen LogP contribution in [-0.2, 0) is 25.6 Å². The standard InChI is InChI=1S/C23H35NO4/c1-15(10-13-19-22(6,7)28-23(8,9)27-19)17-12-11-16(2)24-18(17)14-26-20(25)21(3,4)5/h11-12,19H,1,10,13-14H2,2-9H3. The Kier molecular flexibility index (Phi) is 6.41. The van der Waals surface area contributed by atoms with Crippen molar-refractivity contribution in [1.82, 2.24) is 4.98 Å². The van der Waals surface area contributed by atoms with Gasteiger partial charge in [-0.3, -0.25) is 9.78 Å². The number of carbonyl (C=O) groups is 1. The predicted molar refractivity (Wildman–Crippen MR) is 111 cm³/mol. The monoisotopic (exact) mass is 389 g/mol. The summed E-state index contributed by atoms with van der Waals surface area (Å²) in [5.74, 6) is -0.819. The molecule has 28 heavy (non-hydrogen) atoms. The Bertz CT molecular complexity index is 743. The molecular formula is C23H35NO4. The van der Waals surface area contributed by atoms with Gasteiger partial charge in [-0.15, -0.1) is 0 Å². The van der Waals surface area contributed by atoms with Gasteiger partial charge >= 0.3 is 5.97 Å². The third kappa shape index (κ3) is 5.65. The van der Waals surface area contributed by atoms with E-state index in [4.69, 9.17) is 14.2 Å². The summed E-state index contributed by atoms with van der Waals surface area (Å²) in [6.45, 7) is 19.8. The minimum atomic E-state index is -0.576. The molecule has 1 aromatic rings.